The summed E-state index contributed by atoms with van der Waals surface area (Å²) < 4.78 is -0.878. The Morgan fingerprint density at radius 1 is 1.17 bits per heavy atom. The number of amides is 2. The lowest BCUT2D eigenvalue weighted by Gasteiger charge is -2.35. The van der Waals surface area contributed by atoms with Crippen LogP contribution in [0.5, 0.6) is 5.75 Å². The number of thioether (sulfide) groups is 1. The summed E-state index contributed by atoms with van der Waals surface area (Å²) in [7, 11) is 0. The van der Waals surface area contributed by atoms with Crippen LogP contribution in [0.1, 0.15) is 38.3 Å². The summed E-state index contributed by atoms with van der Waals surface area (Å²) in [5.41, 5.74) is 3.09. The zero-order valence-corrected chi connectivity index (χ0v) is 18.3. The van der Waals surface area contributed by atoms with Gasteiger partial charge in [0.05, 0.1) is 0 Å². The number of aliphatic carboxylic acids is 1. The zero-order valence-electron chi connectivity index (χ0n) is 17.5. The molecule has 0 saturated heterocycles. The van der Waals surface area contributed by atoms with E-state index >= 15 is 0 Å². The maximum atomic E-state index is 12.8. The van der Waals surface area contributed by atoms with E-state index in [0.29, 0.717) is 12.2 Å². The molecular formula is C23H28N2O4S. The third kappa shape index (κ3) is 5.08. The fourth-order valence-electron chi connectivity index (χ4n) is 3.69. The van der Waals surface area contributed by atoms with E-state index in [1.54, 1.807) is 38.1 Å². The highest BCUT2D eigenvalue weighted by atomic mass is 32.2. The highest BCUT2D eigenvalue weighted by molar-refractivity contribution is 8.01. The number of carbonyl (C=O) groups excluding carboxylic acids is 1. The van der Waals surface area contributed by atoms with E-state index in [-0.39, 0.29) is 17.8 Å². The van der Waals surface area contributed by atoms with Gasteiger partial charge < -0.3 is 20.4 Å². The van der Waals surface area contributed by atoms with Crippen molar-refractivity contribution in [2.24, 2.45) is 0 Å². The number of fused-ring (bicyclic) bond motifs is 1. The number of aryl methyl sites for hydroxylation is 1. The molecule has 30 heavy (non-hydrogen) atoms. The molecule has 3 rings (SSSR count). The molecule has 0 saturated carbocycles. The van der Waals surface area contributed by atoms with Gasteiger partial charge in [0.2, 0.25) is 0 Å². The van der Waals surface area contributed by atoms with Gasteiger partial charge in [0.1, 0.15) is 10.5 Å². The monoisotopic (exact) mass is 428 g/mol. The molecule has 0 radical (unpaired) electrons. The van der Waals surface area contributed by atoms with Crippen LogP contribution in [0.25, 0.3) is 0 Å². The maximum absolute atomic E-state index is 12.8. The fraction of sp³-hybridized carbons (Fsp3) is 0.391. The number of nitrogens with zero attached hydrogens (tertiary/aromatic N) is 1. The Balaban J connectivity index is 1.69. The Labute approximate surface area is 181 Å². The molecule has 2 aromatic carbocycles. The average molecular weight is 429 g/mol. The number of likely N-dealkylation sites (N-methyl/N-ethyl adjacent to an activating group) is 1. The van der Waals surface area contributed by atoms with Crippen molar-refractivity contribution in [3.05, 3.63) is 53.6 Å². The summed E-state index contributed by atoms with van der Waals surface area (Å²) in [6.07, 6.45) is 2.49. The second kappa shape index (κ2) is 9.00. The molecule has 0 fully saturated rings. The largest absolute Gasteiger partial charge is 0.508 e. The lowest BCUT2D eigenvalue weighted by molar-refractivity contribution is -0.138. The molecule has 0 aliphatic heterocycles. The Kier molecular flexibility index (Phi) is 6.61. The van der Waals surface area contributed by atoms with Crippen LogP contribution in [0.15, 0.2) is 47.4 Å². The molecule has 2 aromatic rings. The van der Waals surface area contributed by atoms with Crippen molar-refractivity contribution in [3.63, 3.8) is 0 Å². The first kappa shape index (κ1) is 22.0. The van der Waals surface area contributed by atoms with Crippen LogP contribution in [-0.4, -0.2) is 44.4 Å². The van der Waals surface area contributed by atoms with Crippen molar-refractivity contribution in [2.75, 3.05) is 11.9 Å². The minimum atomic E-state index is -0.878. The molecule has 7 heteroatoms. The third-order valence-electron chi connectivity index (χ3n) is 5.43. The number of phenolic OH excluding ortho intramolecular Hbond substituents is 1. The van der Waals surface area contributed by atoms with Gasteiger partial charge in [0.25, 0.3) is 0 Å². The van der Waals surface area contributed by atoms with Crippen LogP contribution in [-0.2, 0) is 17.6 Å². The molecule has 1 aliphatic rings. The topological polar surface area (TPSA) is 89.9 Å². The van der Waals surface area contributed by atoms with Crippen molar-refractivity contribution in [3.8, 4) is 5.75 Å². The number of carbonyl (C=O) groups is 2. The van der Waals surface area contributed by atoms with Gasteiger partial charge >= 0.3 is 12.0 Å². The van der Waals surface area contributed by atoms with Crippen molar-refractivity contribution < 1.29 is 19.8 Å². The molecule has 3 N–H and O–H groups in total. The van der Waals surface area contributed by atoms with Gasteiger partial charge in [-0.15, -0.1) is 11.8 Å². The lowest BCUT2D eigenvalue weighted by Crippen LogP contribution is -2.45. The number of aromatic hydroxyl groups is 1. The number of urea groups is 1. The molecule has 2 amide bonds. The average Bonchev–Trinajstić information content (AvgIpc) is 2.70. The van der Waals surface area contributed by atoms with E-state index < -0.39 is 10.7 Å². The molecule has 0 spiro atoms. The molecule has 0 bridgehead atoms. The predicted octanol–water partition coefficient (Wildman–Crippen LogP) is 4.76. The van der Waals surface area contributed by atoms with Gasteiger partial charge in [-0.3, -0.25) is 4.79 Å². The highest BCUT2D eigenvalue weighted by Crippen LogP contribution is 2.35. The number of hydrogen-bond donors (Lipinski definition) is 3. The van der Waals surface area contributed by atoms with Gasteiger partial charge in [0, 0.05) is 23.2 Å². The van der Waals surface area contributed by atoms with E-state index in [1.807, 2.05) is 17.9 Å². The number of carboxylic acid groups (broad SMARTS) is 1. The molecule has 6 nitrogen and oxygen atoms in total. The van der Waals surface area contributed by atoms with Crippen LogP contribution in [0.3, 0.4) is 0 Å². The number of phenols is 1. The first-order valence-corrected chi connectivity index (χ1v) is 10.9. The first-order chi connectivity index (χ1) is 14.2. The Bertz CT molecular complexity index is 927. The molecule has 1 atom stereocenters. The summed E-state index contributed by atoms with van der Waals surface area (Å²) >= 11 is 1.35. The van der Waals surface area contributed by atoms with Gasteiger partial charge in [-0.1, -0.05) is 6.07 Å². The number of carboxylic acids is 1. The fourth-order valence-corrected chi connectivity index (χ4v) is 4.70. The van der Waals surface area contributed by atoms with Crippen molar-refractivity contribution in [1.82, 2.24) is 4.90 Å². The SMILES string of the molecule is CCN(C(=O)Nc1ccc(O)cc1)C1CCc2cc(SC(C)(C)C(=O)O)ccc2C1. The van der Waals surface area contributed by atoms with Crippen LogP contribution in [0.2, 0.25) is 0 Å². The molecular weight excluding hydrogens is 400 g/mol. The number of rotatable bonds is 6. The highest BCUT2D eigenvalue weighted by Gasteiger charge is 2.30. The van der Waals surface area contributed by atoms with Gasteiger partial charge in [0.15, 0.2) is 0 Å². The number of hydrogen-bond acceptors (Lipinski definition) is 4. The predicted molar refractivity (Wildman–Crippen MR) is 119 cm³/mol. The van der Waals surface area contributed by atoms with Crippen LogP contribution in [0.4, 0.5) is 10.5 Å². The molecule has 1 aliphatic carbocycles. The quantitative estimate of drug-likeness (QED) is 0.456. The van der Waals surface area contributed by atoms with Crippen LogP contribution < -0.4 is 5.32 Å². The Morgan fingerprint density at radius 3 is 2.50 bits per heavy atom. The van der Waals surface area contributed by atoms with E-state index in [1.165, 1.54) is 22.9 Å². The second-order valence-electron chi connectivity index (χ2n) is 8.01. The van der Waals surface area contributed by atoms with E-state index in [9.17, 15) is 19.8 Å². The number of nitrogens with one attached hydrogen (secondary N) is 1. The van der Waals surface area contributed by atoms with Crippen molar-refractivity contribution >= 4 is 29.4 Å². The van der Waals surface area contributed by atoms with E-state index in [4.69, 9.17) is 0 Å². The molecule has 1 unspecified atom stereocenters. The summed E-state index contributed by atoms with van der Waals surface area (Å²) in [4.78, 5) is 27.0. The van der Waals surface area contributed by atoms with Crippen molar-refractivity contribution in [2.45, 2.75) is 55.7 Å². The van der Waals surface area contributed by atoms with E-state index in [2.05, 4.69) is 17.4 Å². The van der Waals surface area contributed by atoms with Crippen LogP contribution >= 0.6 is 11.8 Å². The second-order valence-corrected chi connectivity index (χ2v) is 9.70. The molecule has 0 aromatic heterocycles. The molecule has 160 valence electrons. The Morgan fingerprint density at radius 2 is 1.87 bits per heavy atom. The lowest BCUT2D eigenvalue weighted by atomic mass is 9.87. The van der Waals surface area contributed by atoms with Crippen molar-refractivity contribution in [1.29, 1.82) is 0 Å². The van der Waals surface area contributed by atoms with Crippen LogP contribution in [0, 0.1) is 0 Å². The van der Waals surface area contributed by atoms with E-state index in [0.717, 1.165) is 24.2 Å². The van der Waals surface area contributed by atoms with Gasteiger partial charge in [-0.05, 0) is 87.6 Å². The standard InChI is InChI=1S/C23H28N2O4S/c1-4-25(22(29)24-17-7-10-19(26)11-8-17)18-9-5-16-14-20(12-6-15(16)13-18)30-23(2,3)21(27)28/h6-8,10-12,14,18,26H,4-5,9,13H2,1-3H3,(H,24,29)(H,27,28). The minimum Gasteiger partial charge on any atom is -0.508 e. The van der Waals surface area contributed by atoms with Gasteiger partial charge in [-0.25, -0.2) is 4.79 Å². The summed E-state index contributed by atoms with van der Waals surface area (Å²) in [5.74, 6) is -0.669. The smallest absolute Gasteiger partial charge is 0.322 e. The first-order valence-electron chi connectivity index (χ1n) is 10.1. The Hall–Kier alpha value is -2.67. The molecule has 0 heterocycles. The zero-order chi connectivity index (χ0) is 21.9. The maximum Gasteiger partial charge on any atom is 0.322 e. The number of benzene rings is 2. The minimum absolute atomic E-state index is 0.105. The summed E-state index contributed by atoms with van der Waals surface area (Å²) in [6.45, 7) is 5.99. The van der Waals surface area contributed by atoms with Gasteiger partial charge in [-0.2, -0.15) is 0 Å². The summed E-state index contributed by atoms with van der Waals surface area (Å²) in [5, 5.41) is 21.7. The normalized spacial score (nSPS) is 15.9. The number of anilines is 1. The third-order valence-corrected chi connectivity index (χ3v) is 6.60. The summed E-state index contributed by atoms with van der Waals surface area (Å²) in [6, 6.07) is 12.5.